The van der Waals surface area contributed by atoms with E-state index in [2.05, 4.69) is 31.4 Å². The molecule has 0 bridgehead atoms. The number of nitrogens with one attached hydrogen (secondary N) is 1. The van der Waals surface area contributed by atoms with E-state index in [1.165, 1.54) is 6.20 Å². The number of hydrogen-bond donors (Lipinski definition) is 2. The van der Waals surface area contributed by atoms with Crippen LogP contribution in [0.1, 0.15) is 18.4 Å². The molecule has 0 spiro atoms. The van der Waals surface area contributed by atoms with Crippen molar-refractivity contribution in [1.82, 2.24) is 19.9 Å². The molecule has 1 saturated heterocycles. The van der Waals surface area contributed by atoms with Gasteiger partial charge in [0.2, 0.25) is 11.9 Å². The lowest BCUT2D eigenvalue weighted by Gasteiger charge is -2.36. The smallest absolute Gasteiger partial charge is 0.236 e. The van der Waals surface area contributed by atoms with E-state index in [4.69, 9.17) is 21.6 Å². The number of benzene rings is 1. The highest BCUT2D eigenvalue weighted by atomic mass is 16.5. The van der Waals surface area contributed by atoms with E-state index in [0.717, 1.165) is 27.8 Å². The Morgan fingerprint density at radius 1 is 0.919 bits per heavy atom. The van der Waals surface area contributed by atoms with E-state index in [0.29, 0.717) is 37.6 Å². The normalized spacial score (nSPS) is 14.4. The highest BCUT2D eigenvalue weighted by Crippen LogP contribution is 2.37. The fourth-order valence-corrected chi connectivity index (χ4v) is 4.41. The Labute approximate surface area is 214 Å². The number of nitrogens with two attached hydrogens (primary N) is 1. The van der Waals surface area contributed by atoms with Crippen molar-refractivity contribution < 1.29 is 14.3 Å². The average molecular weight is 493 g/mol. The molecule has 4 aromatic rings. The number of anilines is 2. The molecule has 37 heavy (non-hydrogen) atoms. The van der Waals surface area contributed by atoms with Crippen LogP contribution in [0.5, 0.6) is 5.75 Å². The summed E-state index contributed by atoms with van der Waals surface area (Å²) in [4.78, 5) is 30.4. The molecule has 9 nitrogen and oxygen atoms in total. The highest BCUT2D eigenvalue weighted by Gasteiger charge is 2.42. The number of nitrogens with zero attached hydrogens (tertiary/aromatic N) is 4. The molecule has 1 aliphatic rings. The van der Waals surface area contributed by atoms with Gasteiger partial charge < -0.3 is 20.5 Å². The van der Waals surface area contributed by atoms with Gasteiger partial charge in [0.05, 0.1) is 11.6 Å². The van der Waals surface area contributed by atoms with Crippen LogP contribution in [0.3, 0.4) is 0 Å². The van der Waals surface area contributed by atoms with E-state index in [1.54, 1.807) is 36.9 Å². The molecule has 9 heteroatoms. The molecule has 0 radical (unpaired) electrons. The number of nitrogen functional groups attached to an aromatic ring is 1. The summed E-state index contributed by atoms with van der Waals surface area (Å²) in [6.07, 6.45) is 16.7. The lowest BCUT2D eigenvalue weighted by Crippen LogP contribution is -2.45. The Hall–Kier alpha value is -4.81. The summed E-state index contributed by atoms with van der Waals surface area (Å²) in [5.74, 6) is 1.03. The zero-order chi connectivity index (χ0) is 25.7. The SMILES string of the molecule is C#COc1cncc(-c2ccc(NC(=O)C3(c4ccc(-c5cnc(N)nc5)cc4)CCOCC3)nc2)c1. The van der Waals surface area contributed by atoms with E-state index in [-0.39, 0.29) is 11.9 Å². The van der Waals surface area contributed by atoms with Crippen LogP contribution in [-0.4, -0.2) is 39.1 Å². The fourth-order valence-electron chi connectivity index (χ4n) is 4.41. The second-order valence-electron chi connectivity index (χ2n) is 8.62. The number of ether oxygens (including phenoxy) is 2. The Kier molecular flexibility index (Phi) is 6.74. The van der Waals surface area contributed by atoms with Crippen LogP contribution in [0, 0.1) is 12.5 Å². The summed E-state index contributed by atoms with van der Waals surface area (Å²) < 4.78 is 10.7. The van der Waals surface area contributed by atoms with Gasteiger partial charge in [-0.25, -0.2) is 15.0 Å². The molecular weight excluding hydrogens is 468 g/mol. The van der Waals surface area contributed by atoms with Gasteiger partial charge in [-0.05, 0) is 42.2 Å². The van der Waals surface area contributed by atoms with Crippen molar-refractivity contribution in [2.45, 2.75) is 18.3 Å². The fraction of sp³-hybridized carbons (Fsp3) is 0.179. The number of carbonyl (C=O) groups is 1. The molecule has 184 valence electrons. The van der Waals surface area contributed by atoms with E-state index >= 15 is 0 Å². The van der Waals surface area contributed by atoms with Crippen molar-refractivity contribution in [3.8, 4) is 40.5 Å². The summed E-state index contributed by atoms with van der Waals surface area (Å²) in [5, 5.41) is 3.01. The summed E-state index contributed by atoms with van der Waals surface area (Å²) in [7, 11) is 0. The molecule has 3 N–H and O–H groups in total. The van der Waals surface area contributed by atoms with Crippen LogP contribution >= 0.6 is 0 Å². The minimum atomic E-state index is -0.737. The molecule has 0 unspecified atom stereocenters. The Bertz CT molecular complexity index is 1420. The van der Waals surface area contributed by atoms with Crippen molar-refractivity contribution in [2.24, 2.45) is 0 Å². The largest absolute Gasteiger partial charge is 0.406 e. The third-order valence-corrected chi connectivity index (χ3v) is 6.45. The maximum atomic E-state index is 13.7. The van der Waals surface area contributed by atoms with Gasteiger partial charge >= 0.3 is 0 Å². The maximum Gasteiger partial charge on any atom is 0.236 e. The third kappa shape index (κ3) is 5.10. The van der Waals surface area contributed by atoms with E-state index in [9.17, 15) is 4.79 Å². The summed E-state index contributed by atoms with van der Waals surface area (Å²) in [6, 6.07) is 13.3. The van der Waals surface area contributed by atoms with Crippen LogP contribution < -0.4 is 15.8 Å². The van der Waals surface area contributed by atoms with Gasteiger partial charge in [-0.15, -0.1) is 0 Å². The number of pyridine rings is 2. The van der Waals surface area contributed by atoms with Gasteiger partial charge in [0, 0.05) is 54.7 Å². The minimum Gasteiger partial charge on any atom is -0.406 e. The minimum absolute atomic E-state index is 0.120. The molecule has 4 heterocycles. The van der Waals surface area contributed by atoms with Crippen molar-refractivity contribution in [1.29, 1.82) is 0 Å². The van der Waals surface area contributed by atoms with Gasteiger partial charge in [-0.1, -0.05) is 30.7 Å². The summed E-state index contributed by atoms with van der Waals surface area (Å²) in [5.41, 5.74) is 9.18. The number of carbonyl (C=O) groups excluding carboxylic acids is 1. The molecule has 3 aromatic heterocycles. The van der Waals surface area contributed by atoms with Crippen LogP contribution in [0.2, 0.25) is 0 Å². The quantitative estimate of drug-likeness (QED) is 0.389. The van der Waals surface area contributed by atoms with Gasteiger partial charge in [0.1, 0.15) is 11.9 Å². The first-order valence-electron chi connectivity index (χ1n) is 11.7. The molecule has 5 rings (SSSR count). The third-order valence-electron chi connectivity index (χ3n) is 6.45. The van der Waals surface area contributed by atoms with Crippen molar-refractivity contribution >= 4 is 17.7 Å². The summed E-state index contributed by atoms with van der Waals surface area (Å²) >= 11 is 0. The molecular formula is C28H24N6O3. The first-order valence-corrected chi connectivity index (χ1v) is 11.7. The van der Waals surface area contributed by atoms with Gasteiger partial charge in [-0.2, -0.15) is 0 Å². The van der Waals surface area contributed by atoms with Gasteiger partial charge in [-0.3, -0.25) is 9.78 Å². The van der Waals surface area contributed by atoms with E-state index < -0.39 is 5.41 Å². The zero-order valence-corrected chi connectivity index (χ0v) is 19.9. The van der Waals surface area contributed by atoms with Crippen molar-refractivity contribution in [2.75, 3.05) is 24.3 Å². The molecule has 1 aromatic carbocycles. The lowest BCUT2D eigenvalue weighted by molar-refractivity contribution is -0.125. The molecule has 1 aliphatic heterocycles. The van der Waals surface area contributed by atoms with Crippen LogP contribution in [0.15, 0.2) is 73.4 Å². The Balaban J connectivity index is 1.36. The van der Waals surface area contributed by atoms with Gasteiger partial charge in [0.25, 0.3) is 0 Å². The Morgan fingerprint density at radius 3 is 2.30 bits per heavy atom. The number of hydrogen-bond acceptors (Lipinski definition) is 8. The second-order valence-corrected chi connectivity index (χ2v) is 8.62. The molecule has 0 aliphatic carbocycles. The molecule has 0 atom stereocenters. The van der Waals surface area contributed by atoms with Crippen molar-refractivity contribution in [3.05, 3.63) is 79.0 Å². The number of rotatable bonds is 6. The predicted molar refractivity (Wildman–Crippen MR) is 139 cm³/mol. The number of aromatic nitrogens is 4. The van der Waals surface area contributed by atoms with Crippen LogP contribution in [0.4, 0.5) is 11.8 Å². The molecule has 1 fully saturated rings. The monoisotopic (exact) mass is 492 g/mol. The average Bonchev–Trinajstić information content (AvgIpc) is 2.95. The lowest BCUT2D eigenvalue weighted by atomic mass is 9.73. The number of amides is 1. The number of terminal acetylenes is 1. The second kappa shape index (κ2) is 10.4. The van der Waals surface area contributed by atoms with Crippen molar-refractivity contribution in [3.63, 3.8) is 0 Å². The maximum absolute atomic E-state index is 13.7. The first kappa shape index (κ1) is 23.9. The molecule has 0 saturated carbocycles. The molecule has 1 amide bonds. The summed E-state index contributed by atoms with van der Waals surface area (Å²) in [6.45, 7) is 0.993. The van der Waals surface area contributed by atoms with E-state index in [1.807, 2.05) is 30.3 Å². The van der Waals surface area contributed by atoms with Crippen LogP contribution in [-0.2, 0) is 14.9 Å². The predicted octanol–water partition coefficient (Wildman–Crippen LogP) is 3.84. The topological polar surface area (TPSA) is 125 Å². The highest BCUT2D eigenvalue weighted by molar-refractivity contribution is 5.99. The standard InChI is InChI=1S/C28H24N6O3/c1-2-37-24-13-21(14-30-18-24)20-5-8-25(31-15-20)34-26(35)28(9-11-36-12-10-28)23-6-3-19(4-7-23)22-16-32-27(29)33-17-22/h1,3-8,13-18H,9-12H2,(H2,29,32,33)(H,31,34,35). The van der Waals surface area contributed by atoms with Crippen LogP contribution in [0.25, 0.3) is 22.3 Å². The van der Waals surface area contributed by atoms with Gasteiger partial charge in [0.15, 0.2) is 5.75 Å². The first-order chi connectivity index (χ1) is 18.1. The zero-order valence-electron chi connectivity index (χ0n) is 19.9. The Morgan fingerprint density at radius 2 is 1.62 bits per heavy atom.